The van der Waals surface area contributed by atoms with Gasteiger partial charge in [-0.2, -0.15) is 0 Å². The number of furan rings is 1. The Morgan fingerprint density at radius 1 is 1.17 bits per heavy atom. The lowest BCUT2D eigenvalue weighted by molar-refractivity contribution is -0.137. The normalized spacial score (nSPS) is 21.0. The van der Waals surface area contributed by atoms with Gasteiger partial charge in [-0.1, -0.05) is 6.07 Å². The lowest BCUT2D eigenvalue weighted by atomic mass is 9.83. The smallest absolute Gasteiger partial charge is 0.313 e. The Labute approximate surface area is 167 Å². The molecular weight excluding hydrogens is 374 g/mol. The first-order valence-corrected chi connectivity index (χ1v) is 9.75. The van der Waals surface area contributed by atoms with Crippen molar-refractivity contribution >= 4 is 29.1 Å². The summed E-state index contributed by atoms with van der Waals surface area (Å²) >= 11 is 0. The second kappa shape index (κ2) is 7.71. The third-order valence-electron chi connectivity index (χ3n) is 5.48. The van der Waals surface area contributed by atoms with Gasteiger partial charge in [0.05, 0.1) is 12.8 Å². The number of hydrogen-bond acceptors (Lipinski definition) is 5. The summed E-state index contributed by atoms with van der Waals surface area (Å²) in [5.74, 6) is -0.908. The third kappa shape index (κ3) is 3.88. The first-order chi connectivity index (χ1) is 14.0. The number of carbonyl (C=O) groups excluding carboxylic acids is 3. The summed E-state index contributed by atoms with van der Waals surface area (Å²) in [6.45, 7) is 0.569. The van der Waals surface area contributed by atoms with Gasteiger partial charge in [-0.3, -0.25) is 14.4 Å². The van der Waals surface area contributed by atoms with Crippen molar-refractivity contribution in [2.45, 2.75) is 37.7 Å². The fourth-order valence-electron chi connectivity index (χ4n) is 3.98. The Hall–Kier alpha value is -3.13. The SMILES string of the molecule is O=C(NCC1(O)CCCc2occc21)C(=O)Nc1cccc(N2CCCC2=O)c1. The molecule has 1 unspecified atom stereocenters. The molecule has 1 aromatic heterocycles. The number of benzene rings is 1. The van der Waals surface area contributed by atoms with Crippen molar-refractivity contribution in [3.05, 3.63) is 47.9 Å². The van der Waals surface area contributed by atoms with Crippen LogP contribution in [0.2, 0.25) is 0 Å². The van der Waals surface area contributed by atoms with Crippen LogP contribution in [0.5, 0.6) is 0 Å². The topological polar surface area (TPSA) is 112 Å². The minimum Gasteiger partial charge on any atom is -0.469 e. The Bertz CT molecular complexity index is 953. The van der Waals surface area contributed by atoms with Crippen LogP contribution in [0.3, 0.4) is 0 Å². The Balaban J connectivity index is 1.37. The monoisotopic (exact) mass is 397 g/mol. The van der Waals surface area contributed by atoms with E-state index in [1.54, 1.807) is 35.2 Å². The quantitative estimate of drug-likeness (QED) is 0.680. The maximum absolute atomic E-state index is 12.3. The molecule has 2 aromatic rings. The average molecular weight is 397 g/mol. The molecule has 1 aliphatic carbocycles. The first-order valence-electron chi connectivity index (χ1n) is 9.75. The van der Waals surface area contributed by atoms with E-state index in [4.69, 9.17) is 4.42 Å². The summed E-state index contributed by atoms with van der Waals surface area (Å²) in [4.78, 5) is 38.1. The summed E-state index contributed by atoms with van der Waals surface area (Å²) in [6.07, 6.45) is 4.80. The van der Waals surface area contributed by atoms with Crippen molar-refractivity contribution in [3.8, 4) is 0 Å². The number of hydrogen-bond donors (Lipinski definition) is 3. The van der Waals surface area contributed by atoms with Crippen LogP contribution in [0, 0.1) is 0 Å². The highest BCUT2D eigenvalue weighted by atomic mass is 16.3. The summed E-state index contributed by atoms with van der Waals surface area (Å²) < 4.78 is 5.37. The number of amides is 3. The fraction of sp³-hybridized carbons (Fsp3) is 0.381. The highest BCUT2D eigenvalue weighted by molar-refractivity contribution is 6.39. The van der Waals surface area contributed by atoms with Crippen molar-refractivity contribution in [3.63, 3.8) is 0 Å². The van der Waals surface area contributed by atoms with Gasteiger partial charge >= 0.3 is 11.8 Å². The Kier molecular flexibility index (Phi) is 5.10. The van der Waals surface area contributed by atoms with Gasteiger partial charge in [-0.15, -0.1) is 0 Å². The fourth-order valence-corrected chi connectivity index (χ4v) is 3.98. The number of aryl methyl sites for hydroxylation is 1. The zero-order valence-electron chi connectivity index (χ0n) is 15.9. The van der Waals surface area contributed by atoms with Crippen LogP contribution in [-0.4, -0.2) is 35.9 Å². The third-order valence-corrected chi connectivity index (χ3v) is 5.48. The minimum atomic E-state index is -1.24. The molecule has 1 fully saturated rings. The zero-order valence-corrected chi connectivity index (χ0v) is 15.9. The van der Waals surface area contributed by atoms with E-state index in [0.29, 0.717) is 42.1 Å². The summed E-state index contributed by atoms with van der Waals surface area (Å²) in [6, 6.07) is 8.54. The highest BCUT2D eigenvalue weighted by Gasteiger charge is 2.37. The van der Waals surface area contributed by atoms with E-state index in [1.165, 1.54) is 6.26 Å². The number of carbonyl (C=O) groups is 3. The molecule has 0 radical (unpaired) electrons. The summed E-state index contributed by atoms with van der Waals surface area (Å²) in [7, 11) is 0. The first kappa shape index (κ1) is 19.2. The number of aliphatic hydroxyl groups is 1. The number of rotatable bonds is 4. The van der Waals surface area contributed by atoms with Gasteiger partial charge in [0, 0.05) is 36.3 Å². The maximum Gasteiger partial charge on any atom is 0.313 e. The number of anilines is 2. The van der Waals surface area contributed by atoms with Crippen LogP contribution >= 0.6 is 0 Å². The highest BCUT2D eigenvalue weighted by Crippen LogP contribution is 2.35. The van der Waals surface area contributed by atoms with E-state index in [2.05, 4.69) is 10.6 Å². The lowest BCUT2D eigenvalue weighted by Gasteiger charge is -2.31. The van der Waals surface area contributed by atoms with E-state index in [0.717, 1.165) is 19.3 Å². The minimum absolute atomic E-state index is 0.0468. The lowest BCUT2D eigenvalue weighted by Crippen LogP contribution is -2.45. The largest absolute Gasteiger partial charge is 0.469 e. The van der Waals surface area contributed by atoms with Crippen molar-refractivity contribution in [1.29, 1.82) is 0 Å². The van der Waals surface area contributed by atoms with Gasteiger partial charge in [0.25, 0.3) is 0 Å². The molecule has 8 nitrogen and oxygen atoms in total. The van der Waals surface area contributed by atoms with Crippen LogP contribution in [0.1, 0.15) is 37.0 Å². The molecule has 0 bridgehead atoms. The van der Waals surface area contributed by atoms with Gasteiger partial charge in [0.2, 0.25) is 5.91 Å². The van der Waals surface area contributed by atoms with Crippen LogP contribution in [0.4, 0.5) is 11.4 Å². The predicted molar refractivity (Wildman–Crippen MR) is 105 cm³/mol. The molecule has 3 amide bonds. The summed E-state index contributed by atoms with van der Waals surface area (Å²) in [5.41, 5.74) is 0.532. The summed E-state index contributed by atoms with van der Waals surface area (Å²) in [5, 5.41) is 15.9. The molecule has 1 aliphatic heterocycles. The average Bonchev–Trinajstić information content (AvgIpc) is 3.36. The molecule has 2 aliphatic rings. The second-order valence-electron chi connectivity index (χ2n) is 7.48. The molecule has 1 saturated heterocycles. The maximum atomic E-state index is 12.3. The van der Waals surface area contributed by atoms with E-state index in [1.807, 2.05) is 0 Å². The number of nitrogens with zero attached hydrogens (tertiary/aromatic N) is 1. The number of nitrogens with one attached hydrogen (secondary N) is 2. The van der Waals surface area contributed by atoms with E-state index >= 15 is 0 Å². The van der Waals surface area contributed by atoms with Crippen LogP contribution in [0.25, 0.3) is 0 Å². The molecule has 152 valence electrons. The molecule has 1 aromatic carbocycles. The molecule has 0 saturated carbocycles. The molecular formula is C21H23N3O5. The van der Waals surface area contributed by atoms with Crippen LogP contribution < -0.4 is 15.5 Å². The zero-order chi connectivity index (χ0) is 20.4. The molecule has 2 heterocycles. The van der Waals surface area contributed by atoms with Gasteiger partial charge in [0.15, 0.2) is 0 Å². The van der Waals surface area contributed by atoms with Crippen LogP contribution in [-0.2, 0) is 26.4 Å². The van der Waals surface area contributed by atoms with Crippen molar-refractivity contribution in [2.24, 2.45) is 0 Å². The van der Waals surface area contributed by atoms with Gasteiger partial charge in [-0.25, -0.2) is 0 Å². The molecule has 8 heteroatoms. The van der Waals surface area contributed by atoms with E-state index in [-0.39, 0.29) is 12.5 Å². The van der Waals surface area contributed by atoms with E-state index in [9.17, 15) is 19.5 Å². The molecule has 0 spiro atoms. The Morgan fingerprint density at radius 2 is 2.03 bits per heavy atom. The molecule has 3 N–H and O–H groups in total. The van der Waals surface area contributed by atoms with Gasteiger partial charge in [-0.05, 0) is 43.5 Å². The van der Waals surface area contributed by atoms with Crippen molar-refractivity contribution in [2.75, 3.05) is 23.3 Å². The second-order valence-corrected chi connectivity index (χ2v) is 7.48. The molecule has 4 rings (SSSR count). The number of fused-ring (bicyclic) bond motifs is 1. The van der Waals surface area contributed by atoms with Crippen LogP contribution in [0.15, 0.2) is 41.0 Å². The molecule has 1 atom stereocenters. The van der Waals surface area contributed by atoms with Crippen molar-refractivity contribution in [1.82, 2.24) is 5.32 Å². The predicted octanol–water partition coefficient (Wildman–Crippen LogP) is 1.69. The van der Waals surface area contributed by atoms with Gasteiger partial charge in [0.1, 0.15) is 11.4 Å². The standard InChI is InChI=1S/C21H23N3O5/c25-18-7-3-10-24(18)15-5-1-4-14(12-15)23-20(27)19(26)22-13-21(28)9-2-6-17-16(21)8-11-29-17/h1,4-5,8,11-12,28H,2-3,6-7,9-10,13H2,(H,22,26)(H,23,27). The molecule has 29 heavy (non-hydrogen) atoms. The van der Waals surface area contributed by atoms with E-state index < -0.39 is 17.4 Å². The Morgan fingerprint density at radius 3 is 2.83 bits per heavy atom. The van der Waals surface area contributed by atoms with Gasteiger partial charge < -0.3 is 25.1 Å². The van der Waals surface area contributed by atoms with Crippen molar-refractivity contribution < 1.29 is 23.9 Å².